The fourth-order valence-corrected chi connectivity index (χ4v) is 14.3. The molecule has 0 spiro atoms. The molecule has 5 heteroatoms. The first-order valence-electron chi connectivity index (χ1n) is 26.6. The Balaban J connectivity index is 0.000000142. The zero-order valence-electron chi connectivity index (χ0n) is 44.2. The van der Waals surface area contributed by atoms with Crippen LogP contribution in [0.1, 0.15) is 107 Å². The van der Waals surface area contributed by atoms with Crippen LogP contribution in [-0.2, 0) is 16.2 Å². The second kappa shape index (κ2) is 18.7. The monoisotopic (exact) mass is 1200 g/mol. The van der Waals surface area contributed by atoms with Crippen LogP contribution in [0.3, 0.4) is 0 Å². The summed E-state index contributed by atoms with van der Waals surface area (Å²) in [6.07, 6.45) is 0. The van der Waals surface area contributed by atoms with E-state index in [4.69, 9.17) is 0 Å². The Morgan fingerprint density at radius 3 is 1.05 bits per heavy atom. The molecule has 15 rings (SSSR count). The topological polar surface area (TPSA) is 34.1 Å². The van der Waals surface area contributed by atoms with E-state index in [9.17, 15) is 9.59 Å². The molecule has 0 radical (unpaired) electrons. The van der Waals surface area contributed by atoms with E-state index in [1.54, 1.807) is 42.5 Å². The van der Waals surface area contributed by atoms with Gasteiger partial charge < -0.3 is 0 Å². The van der Waals surface area contributed by atoms with E-state index in [1.165, 1.54) is 111 Å². The molecule has 0 fully saturated rings. The van der Waals surface area contributed by atoms with Gasteiger partial charge in [-0.05, 0) is 165 Å². The van der Waals surface area contributed by atoms with Gasteiger partial charge in [0.15, 0.2) is 11.6 Å². The Bertz CT molecular complexity index is 4380. The van der Waals surface area contributed by atoms with Gasteiger partial charge in [-0.1, -0.05) is 247 Å². The average molecular weight is 1200 g/mol. The third-order valence-electron chi connectivity index (χ3n) is 17.2. The number of hydrogen-bond donors (Lipinski definition) is 0. The normalized spacial score (nSPS) is 14.8. The minimum Gasteiger partial charge on any atom is -0.289 e. The van der Waals surface area contributed by atoms with E-state index in [0.717, 1.165) is 13.4 Å². The van der Waals surface area contributed by atoms with Crippen molar-refractivity contribution in [2.24, 2.45) is 0 Å². The lowest BCUT2D eigenvalue weighted by atomic mass is 9.79. The summed E-state index contributed by atoms with van der Waals surface area (Å²) in [7, 11) is 0. The van der Waals surface area contributed by atoms with Crippen LogP contribution >= 0.6 is 47.8 Å². The lowest BCUT2D eigenvalue weighted by molar-refractivity contribution is 0.0979. The molecule has 0 saturated carbocycles. The predicted molar refractivity (Wildman–Crippen MR) is 334 cm³/mol. The molecule has 0 aliphatic heterocycles. The lowest BCUT2D eigenvalue weighted by Gasteiger charge is -2.24. The van der Waals surface area contributed by atoms with E-state index in [-0.39, 0.29) is 27.8 Å². The second-order valence-corrected chi connectivity index (χ2v) is 25.3. The van der Waals surface area contributed by atoms with Crippen LogP contribution in [0, 0.1) is 0 Å². The number of carbonyl (C=O) groups is 2. The maximum Gasteiger partial charge on any atom is 0.194 e. The molecule has 0 unspecified atom stereocenters. The first kappa shape index (κ1) is 50.2. The summed E-state index contributed by atoms with van der Waals surface area (Å²) in [5.74, 6) is -0.167. The van der Waals surface area contributed by atoms with Crippen molar-refractivity contribution < 1.29 is 9.59 Å². The Kier molecular flexibility index (Phi) is 12.0. The third kappa shape index (κ3) is 7.82. The first-order chi connectivity index (χ1) is 37.5. The molecular weight excluding hydrogens is 1150 g/mol. The molecule has 2 nitrogen and oxygen atoms in total. The Morgan fingerprint density at radius 1 is 0.256 bits per heavy atom. The van der Waals surface area contributed by atoms with Gasteiger partial charge in [-0.3, -0.25) is 9.59 Å². The summed E-state index contributed by atoms with van der Waals surface area (Å²) in [5.41, 5.74) is 23.8. The number of hydrogen-bond acceptors (Lipinski definition) is 2. The molecule has 11 aromatic rings. The molecule has 0 N–H and O–H groups in total. The number of fused-ring (bicyclic) bond motifs is 13. The molecule has 0 amide bonds. The van der Waals surface area contributed by atoms with Gasteiger partial charge in [0.25, 0.3) is 0 Å². The number of rotatable bonds is 2. The van der Waals surface area contributed by atoms with Crippen LogP contribution in [0.25, 0.3) is 77.2 Å². The predicted octanol–water partition coefficient (Wildman–Crippen LogP) is 20.7. The van der Waals surface area contributed by atoms with Crippen molar-refractivity contribution in [3.8, 4) is 55.6 Å². The van der Waals surface area contributed by atoms with Crippen LogP contribution in [0.15, 0.2) is 226 Å². The molecule has 78 heavy (non-hydrogen) atoms. The average Bonchev–Trinajstić information content (AvgIpc) is 3.99. The maximum atomic E-state index is 12.2. The van der Waals surface area contributed by atoms with E-state index in [2.05, 4.69) is 259 Å². The van der Waals surface area contributed by atoms with Crippen molar-refractivity contribution in [3.63, 3.8) is 0 Å². The molecule has 0 saturated heterocycles. The van der Waals surface area contributed by atoms with Gasteiger partial charge in [0.1, 0.15) is 0 Å². The van der Waals surface area contributed by atoms with Gasteiger partial charge in [-0.25, -0.2) is 0 Å². The zero-order chi connectivity index (χ0) is 54.0. The summed E-state index contributed by atoms with van der Waals surface area (Å²) in [6.45, 7) is 14.1. The van der Waals surface area contributed by atoms with E-state index in [1.807, 2.05) is 0 Å². The smallest absolute Gasteiger partial charge is 0.194 e. The highest BCUT2D eigenvalue weighted by Gasteiger charge is 2.38. The Morgan fingerprint density at radius 2 is 0.564 bits per heavy atom. The Labute approximate surface area is 481 Å². The van der Waals surface area contributed by atoms with Crippen molar-refractivity contribution in [2.45, 2.75) is 57.8 Å². The highest BCUT2D eigenvalue weighted by Crippen LogP contribution is 2.54. The molecule has 378 valence electrons. The molecule has 4 aliphatic carbocycles. The van der Waals surface area contributed by atoms with Crippen molar-refractivity contribution in [1.82, 2.24) is 0 Å². The van der Waals surface area contributed by atoms with Gasteiger partial charge >= 0.3 is 0 Å². The molecular formula is C73H53Br3O2. The number of halogens is 3. The SMILES string of the molecule is CC1(C)c2ccccc2-c2ccc(-c3c4ccccc4c(-c4ccc5c(c4)C(C)(C)c4ccccc4-5)c4cc(Br)ccc34)cc21.CC1(C)c2ccccc2-c2ccc(Br)cc21.O=C1c2ccccc2C(=O)c2cc(Br)ccc21. The van der Waals surface area contributed by atoms with Crippen molar-refractivity contribution in [1.29, 1.82) is 0 Å². The van der Waals surface area contributed by atoms with Gasteiger partial charge in [0.2, 0.25) is 0 Å². The molecule has 11 aromatic carbocycles. The lowest BCUT2D eigenvalue weighted by Crippen LogP contribution is -2.20. The second-order valence-electron chi connectivity index (χ2n) is 22.6. The van der Waals surface area contributed by atoms with Gasteiger partial charge in [0, 0.05) is 51.9 Å². The summed E-state index contributed by atoms with van der Waals surface area (Å²) in [5, 5.41) is 5.13. The summed E-state index contributed by atoms with van der Waals surface area (Å²) >= 11 is 10.7. The fourth-order valence-electron chi connectivity index (χ4n) is 13.2. The highest BCUT2D eigenvalue weighted by atomic mass is 79.9. The quantitative estimate of drug-likeness (QED) is 0.162. The standard InChI is InChI=1S/C44H33Br.C15H13Br.C14H7BrO2/c1-43(2)37-15-9-7-11-29(37)31-20-17-26(23-39(31)43)41-33-13-5-6-14-34(33)42(36-25-28(45)19-22-35(36)41)27-18-21-32-30-12-8-10-16-38(30)44(3,4)40(32)24-27;1-15(2)13-6-4-3-5-11(13)12-8-7-10(16)9-14(12)15;15-8-5-6-11-12(7-8)14(17)10-4-2-1-3-9(10)13(11)16/h5-25H,1-4H3;3-9H,1-2H3;1-7H. The van der Waals surface area contributed by atoms with E-state index in [0.29, 0.717) is 22.3 Å². The number of ketones is 2. The molecule has 0 atom stereocenters. The first-order valence-corrected chi connectivity index (χ1v) is 28.9. The Hall–Kier alpha value is -7.28. The van der Waals surface area contributed by atoms with E-state index >= 15 is 0 Å². The molecule has 0 heterocycles. The van der Waals surface area contributed by atoms with Crippen LogP contribution in [0.2, 0.25) is 0 Å². The summed E-state index contributed by atoms with van der Waals surface area (Å²) in [6, 6.07) is 75.3. The zero-order valence-corrected chi connectivity index (χ0v) is 48.9. The van der Waals surface area contributed by atoms with Gasteiger partial charge in [-0.2, -0.15) is 0 Å². The van der Waals surface area contributed by atoms with Crippen LogP contribution in [0.5, 0.6) is 0 Å². The largest absolute Gasteiger partial charge is 0.289 e. The van der Waals surface area contributed by atoms with Crippen LogP contribution < -0.4 is 0 Å². The van der Waals surface area contributed by atoms with E-state index < -0.39 is 0 Å². The number of benzene rings is 11. The third-order valence-corrected chi connectivity index (χ3v) is 18.6. The van der Waals surface area contributed by atoms with Crippen LogP contribution in [-0.4, -0.2) is 11.6 Å². The summed E-state index contributed by atoms with van der Waals surface area (Å²) in [4.78, 5) is 24.4. The highest BCUT2D eigenvalue weighted by molar-refractivity contribution is 9.11. The minimum atomic E-state index is -0.0866. The van der Waals surface area contributed by atoms with Gasteiger partial charge in [-0.15, -0.1) is 0 Å². The maximum absolute atomic E-state index is 12.2. The number of carbonyl (C=O) groups excluding carboxylic acids is 2. The van der Waals surface area contributed by atoms with Gasteiger partial charge in [0.05, 0.1) is 0 Å². The summed E-state index contributed by atoms with van der Waals surface area (Å²) < 4.78 is 3.06. The van der Waals surface area contributed by atoms with Crippen LogP contribution in [0.4, 0.5) is 0 Å². The van der Waals surface area contributed by atoms with Crippen molar-refractivity contribution in [3.05, 3.63) is 281 Å². The molecule has 0 bridgehead atoms. The van der Waals surface area contributed by atoms with Crippen molar-refractivity contribution in [2.75, 3.05) is 0 Å². The van der Waals surface area contributed by atoms with Crippen molar-refractivity contribution >= 4 is 80.9 Å². The molecule has 0 aromatic heterocycles. The fraction of sp³-hybridized carbons (Fsp3) is 0.123. The molecule has 4 aliphatic rings. The minimum absolute atomic E-state index is 0.0503.